The first-order valence-corrected chi connectivity index (χ1v) is 19.7. The number of carbonyl (C=O) groups excluding carboxylic acids is 3. The molecule has 54 heavy (non-hydrogen) atoms. The molecule has 3 amide bonds. The number of likely N-dealkylation sites (tertiary alicyclic amines) is 1. The van der Waals surface area contributed by atoms with Crippen LogP contribution in [0.1, 0.15) is 69.8 Å². The van der Waals surface area contributed by atoms with Crippen molar-refractivity contribution in [3.05, 3.63) is 66.2 Å². The van der Waals surface area contributed by atoms with Crippen molar-refractivity contribution in [2.24, 2.45) is 17.6 Å². The summed E-state index contributed by atoms with van der Waals surface area (Å²) in [6, 6.07) is 10.7. The van der Waals surface area contributed by atoms with Gasteiger partial charge >= 0.3 is 6.18 Å². The largest absolute Gasteiger partial charge is 0.470 e. The van der Waals surface area contributed by atoms with Crippen molar-refractivity contribution in [1.82, 2.24) is 19.6 Å². The molecule has 7 rings (SSSR count). The van der Waals surface area contributed by atoms with Gasteiger partial charge in [-0.3, -0.25) is 19.1 Å². The minimum atomic E-state index is -4.51. The van der Waals surface area contributed by atoms with Crippen molar-refractivity contribution in [3.63, 3.8) is 0 Å². The average molecular weight is 768 g/mol. The van der Waals surface area contributed by atoms with Crippen LogP contribution >= 0.6 is 0 Å². The number of nitrogens with two attached hydrogens (primary N) is 1. The fourth-order valence-corrected chi connectivity index (χ4v) is 8.24. The molecule has 2 aromatic heterocycles. The number of aromatic nitrogens is 2. The molecular weight excluding hydrogens is 728 g/mol. The summed E-state index contributed by atoms with van der Waals surface area (Å²) in [4.78, 5) is 48.6. The number of rotatable bonds is 15. The van der Waals surface area contributed by atoms with Gasteiger partial charge in [0, 0.05) is 29.7 Å². The van der Waals surface area contributed by atoms with Crippen LogP contribution in [0.25, 0.3) is 33.5 Å². The Morgan fingerprint density at radius 2 is 1.74 bits per heavy atom. The second-order valence-corrected chi connectivity index (χ2v) is 16.2. The van der Waals surface area contributed by atoms with Crippen LogP contribution in [0.3, 0.4) is 0 Å². The Bertz CT molecular complexity index is 2200. The molecule has 0 radical (unpaired) electrons. The lowest BCUT2D eigenvalue weighted by molar-refractivity contribution is -0.137. The molecule has 3 N–H and O–H groups in total. The molecule has 2 aromatic carbocycles. The Balaban J connectivity index is 0.926. The maximum atomic E-state index is 13.3. The van der Waals surface area contributed by atoms with Gasteiger partial charge in [-0.1, -0.05) is 49.3 Å². The van der Waals surface area contributed by atoms with Gasteiger partial charge in [-0.25, -0.2) is 13.4 Å². The molecule has 0 bridgehead atoms. The number of para-hydroxylation sites is 1. The van der Waals surface area contributed by atoms with Gasteiger partial charge in [-0.05, 0) is 68.7 Å². The first-order chi connectivity index (χ1) is 25.8. The number of hydrogen-bond donors (Lipinski definition) is 2. The zero-order valence-corrected chi connectivity index (χ0v) is 30.1. The van der Waals surface area contributed by atoms with Crippen LogP contribution in [0.5, 0.6) is 5.88 Å². The predicted octanol–water partition coefficient (Wildman–Crippen LogP) is 6.04. The van der Waals surface area contributed by atoms with Crippen LogP contribution in [0.15, 0.2) is 65.1 Å². The average Bonchev–Trinajstić information content (AvgIpc) is 4.06. The van der Waals surface area contributed by atoms with Gasteiger partial charge in [-0.15, -0.1) is 0 Å². The van der Waals surface area contributed by atoms with Gasteiger partial charge in [0.1, 0.15) is 23.2 Å². The van der Waals surface area contributed by atoms with Crippen molar-refractivity contribution in [1.29, 1.82) is 0 Å². The molecule has 2 saturated carbocycles. The number of nitrogens with one attached hydrogen (secondary N) is 1. The van der Waals surface area contributed by atoms with Gasteiger partial charge < -0.3 is 19.8 Å². The number of sulfonamides is 1. The number of fused-ring (bicyclic) bond motifs is 3. The molecule has 2 aliphatic carbocycles. The second kappa shape index (κ2) is 15.0. The van der Waals surface area contributed by atoms with E-state index in [1.807, 2.05) is 12.2 Å². The Labute approximate surface area is 309 Å². The second-order valence-electron chi connectivity index (χ2n) is 14.2. The summed E-state index contributed by atoms with van der Waals surface area (Å²) in [5.74, 6) is -1.39. The highest BCUT2D eigenvalue weighted by molar-refractivity contribution is 7.90. The molecule has 1 saturated heterocycles. The maximum Gasteiger partial charge on any atom is 0.416 e. The Morgan fingerprint density at radius 1 is 1.00 bits per heavy atom. The minimum Gasteiger partial charge on any atom is -0.470 e. The van der Waals surface area contributed by atoms with Crippen molar-refractivity contribution in [3.8, 4) is 17.3 Å². The number of furan rings is 1. The number of allylic oxidation sites excluding steroid dienone is 2. The summed E-state index contributed by atoms with van der Waals surface area (Å²) < 4.78 is 78.2. The highest BCUT2D eigenvalue weighted by Gasteiger charge is 2.45. The summed E-state index contributed by atoms with van der Waals surface area (Å²) in [5.41, 5.74) is 6.36. The van der Waals surface area contributed by atoms with Crippen LogP contribution in [-0.4, -0.2) is 64.9 Å². The summed E-state index contributed by atoms with van der Waals surface area (Å²) in [6.07, 6.45) is 4.96. The van der Waals surface area contributed by atoms with Gasteiger partial charge in [0.25, 0.3) is 5.88 Å². The quantitative estimate of drug-likeness (QED) is 0.108. The van der Waals surface area contributed by atoms with E-state index in [2.05, 4.69) is 14.7 Å². The SMILES string of the molecule is NC(=O)[C@@H]1C[C@@H](Oc2nc(-c3ccc(C(F)(F)F)cc3)nc3c2oc2ccccc23)CN1C(=O)CCCCCC/C=C\[C@@H]1CC1C(=O)NS(=O)(=O)C1CC1. The van der Waals surface area contributed by atoms with E-state index < -0.39 is 51.0 Å². The minimum absolute atomic E-state index is 0.0321. The van der Waals surface area contributed by atoms with Crippen LogP contribution in [0.4, 0.5) is 13.2 Å². The molecule has 1 aliphatic heterocycles. The third kappa shape index (κ3) is 8.37. The first kappa shape index (κ1) is 37.3. The fraction of sp³-hybridized carbons (Fsp3) is 0.447. The molecule has 0 spiro atoms. The third-order valence-electron chi connectivity index (χ3n) is 10.1. The summed E-state index contributed by atoms with van der Waals surface area (Å²) in [6.45, 7) is 0.0747. The van der Waals surface area contributed by atoms with Crippen molar-refractivity contribution in [2.75, 3.05) is 6.54 Å². The molecule has 4 aromatic rings. The molecule has 12 nitrogen and oxygen atoms in total. The normalized spacial score (nSPS) is 21.6. The summed E-state index contributed by atoms with van der Waals surface area (Å²) in [5, 5.41) is 0.227. The first-order valence-electron chi connectivity index (χ1n) is 18.1. The smallest absolute Gasteiger partial charge is 0.416 e. The molecule has 286 valence electrons. The van der Waals surface area contributed by atoms with Gasteiger partial charge in [0.2, 0.25) is 33.3 Å². The lowest BCUT2D eigenvalue weighted by Gasteiger charge is -2.21. The van der Waals surface area contributed by atoms with Crippen molar-refractivity contribution >= 4 is 49.8 Å². The molecule has 3 fully saturated rings. The predicted molar refractivity (Wildman–Crippen MR) is 192 cm³/mol. The molecule has 3 heterocycles. The van der Waals surface area contributed by atoms with E-state index in [0.29, 0.717) is 47.7 Å². The maximum absolute atomic E-state index is 13.3. The zero-order valence-electron chi connectivity index (χ0n) is 29.3. The van der Waals surface area contributed by atoms with Crippen LogP contribution in [-0.2, 0) is 30.6 Å². The number of unbranched alkanes of at least 4 members (excludes halogenated alkanes) is 4. The van der Waals surface area contributed by atoms with Gasteiger partial charge in [-0.2, -0.15) is 18.2 Å². The molecule has 1 unspecified atom stereocenters. The topological polar surface area (TPSA) is 175 Å². The molecule has 4 atom stereocenters. The van der Waals surface area contributed by atoms with Crippen LogP contribution in [0.2, 0.25) is 0 Å². The number of amides is 3. The molecular formula is C38H40F3N5O7S. The van der Waals surface area contributed by atoms with E-state index in [1.54, 1.807) is 24.3 Å². The lowest BCUT2D eigenvalue weighted by atomic mass is 10.1. The van der Waals surface area contributed by atoms with E-state index in [9.17, 15) is 36.0 Å². The fourth-order valence-electron chi connectivity index (χ4n) is 6.88. The van der Waals surface area contributed by atoms with Gasteiger partial charge in [0.05, 0.1) is 17.4 Å². The Kier molecular flexibility index (Phi) is 10.4. The van der Waals surface area contributed by atoms with E-state index in [4.69, 9.17) is 14.9 Å². The number of benzene rings is 2. The van der Waals surface area contributed by atoms with E-state index in [1.165, 1.54) is 17.0 Å². The Hall–Kier alpha value is -4.99. The number of primary amides is 1. The van der Waals surface area contributed by atoms with Crippen LogP contribution in [0, 0.1) is 11.8 Å². The van der Waals surface area contributed by atoms with Gasteiger partial charge in [0.15, 0.2) is 5.82 Å². The monoisotopic (exact) mass is 767 g/mol. The summed E-state index contributed by atoms with van der Waals surface area (Å²) >= 11 is 0. The molecule has 3 aliphatic rings. The number of alkyl halides is 3. The number of ether oxygens (including phenoxy) is 1. The van der Waals surface area contributed by atoms with Crippen molar-refractivity contribution in [2.45, 2.75) is 87.8 Å². The highest BCUT2D eigenvalue weighted by atomic mass is 32.2. The summed E-state index contributed by atoms with van der Waals surface area (Å²) in [7, 11) is -3.53. The Morgan fingerprint density at radius 3 is 2.46 bits per heavy atom. The standard InChI is InChI=1S/C38H40F3N5O7S/c39-38(40,41)24-15-13-22(14-16-24)35-43-32-27-10-7-8-11-30(27)53-33(32)37(44-35)52-25-20-29(34(42)48)46(21-25)31(47)12-6-4-2-1-3-5-9-23-19-28(23)36(49)45-54(50,51)26-17-18-26/h5,7-11,13-16,23,25-26,28-29H,1-4,6,12,17-21H2,(H2,42,48)(H,45,49)/b9-5-/t23-,25-,28?,29+/m1/s1. The zero-order chi connectivity index (χ0) is 38.2. The van der Waals surface area contributed by atoms with E-state index in [0.717, 1.165) is 37.8 Å². The highest BCUT2D eigenvalue weighted by Crippen LogP contribution is 2.41. The lowest BCUT2D eigenvalue weighted by Crippen LogP contribution is -2.43. The number of halogens is 3. The third-order valence-corrected chi connectivity index (χ3v) is 12.0. The number of hydrogen-bond acceptors (Lipinski definition) is 9. The number of carbonyl (C=O) groups is 3. The van der Waals surface area contributed by atoms with Crippen molar-refractivity contribution < 1.29 is 45.1 Å². The van der Waals surface area contributed by atoms with Crippen LogP contribution < -0.4 is 15.2 Å². The van der Waals surface area contributed by atoms with E-state index in [-0.39, 0.29) is 54.4 Å². The number of nitrogens with zero attached hydrogens (tertiary/aromatic N) is 3. The van der Waals surface area contributed by atoms with E-state index >= 15 is 0 Å². The molecule has 16 heteroatoms.